The predicted molar refractivity (Wildman–Crippen MR) is 146 cm³/mol. The van der Waals surface area contributed by atoms with Gasteiger partial charge >= 0.3 is 5.97 Å². The monoisotopic (exact) mass is 552 g/mol. The van der Waals surface area contributed by atoms with E-state index in [-0.39, 0.29) is 27.7 Å². The summed E-state index contributed by atoms with van der Waals surface area (Å²) in [5.41, 5.74) is 2.42. The average Bonchev–Trinajstić information content (AvgIpc) is 3.31. The van der Waals surface area contributed by atoms with Crippen LogP contribution in [0.2, 0.25) is 10.0 Å². The summed E-state index contributed by atoms with van der Waals surface area (Å²) in [4.78, 5) is 45.6. The van der Waals surface area contributed by atoms with Gasteiger partial charge in [0.15, 0.2) is 5.71 Å². The molecule has 1 aromatic heterocycles. The van der Waals surface area contributed by atoms with Crippen molar-refractivity contribution in [2.24, 2.45) is 5.16 Å². The number of anilines is 1. The Labute approximate surface area is 227 Å². The molecule has 38 heavy (non-hydrogen) atoms. The number of carbonyl (C=O) groups is 3. The fourth-order valence-electron chi connectivity index (χ4n) is 3.87. The molecule has 9 nitrogen and oxygen atoms in total. The van der Waals surface area contributed by atoms with Gasteiger partial charge in [-0.25, -0.2) is 4.79 Å². The Kier molecular flexibility index (Phi) is 8.30. The quantitative estimate of drug-likeness (QED) is 0.173. The first-order chi connectivity index (χ1) is 18.3. The molecule has 1 atom stereocenters. The van der Waals surface area contributed by atoms with E-state index >= 15 is 0 Å². The summed E-state index contributed by atoms with van der Waals surface area (Å²) in [5, 5.41) is 20.0. The number of hydrogen-bond donors (Lipinski definition) is 4. The number of H-pyrrole nitrogens is 1. The largest absolute Gasteiger partial charge is 0.480 e. The van der Waals surface area contributed by atoms with Gasteiger partial charge in [0, 0.05) is 34.8 Å². The molecule has 0 bridgehead atoms. The summed E-state index contributed by atoms with van der Waals surface area (Å²) in [7, 11) is 1.30. The lowest BCUT2D eigenvalue weighted by Crippen LogP contribution is -2.45. The number of halogens is 2. The third-order valence-electron chi connectivity index (χ3n) is 5.69. The number of aliphatic carboxylic acids is 1. The molecule has 0 unspecified atom stereocenters. The predicted octanol–water partition coefficient (Wildman–Crippen LogP) is 4.89. The molecule has 0 aliphatic carbocycles. The molecule has 3 aromatic carbocycles. The summed E-state index contributed by atoms with van der Waals surface area (Å²) in [6.45, 7) is 0. The molecule has 4 aromatic rings. The molecule has 0 saturated carbocycles. The first-order valence-corrected chi connectivity index (χ1v) is 12.1. The van der Waals surface area contributed by atoms with E-state index in [0.29, 0.717) is 16.8 Å². The zero-order valence-corrected chi connectivity index (χ0v) is 21.5. The van der Waals surface area contributed by atoms with Gasteiger partial charge in [-0.2, -0.15) is 0 Å². The van der Waals surface area contributed by atoms with Crippen LogP contribution in [-0.2, 0) is 20.8 Å². The third-order valence-corrected chi connectivity index (χ3v) is 6.32. The van der Waals surface area contributed by atoms with E-state index in [9.17, 15) is 19.5 Å². The van der Waals surface area contributed by atoms with Crippen molar-refractivity contribution in [2.45, 2.75) is 12.5 Å². The molecule has 0 radical (unpaired) electrons. The molecule has 2 amide bonds. The normalized spacial score (nSPS) is 12.1. The molecule has 0 aliphatic heterocycles. The minimum absolute atomic E-state index is 0.0141. The fourth-order valence-corrected chi connectivity index (χ4v) is 4.44. The molecule has 0 aliphatic rings. The van der Waals surface area contributed by atoms with Crippen LogP contribution < -0.4 is 10.6 Å². The van der Waals surface area contributed by atoms with Gasteiger partial charge in [0.25, 0.3) is 11.8 Å². The summed E-state index contributed by atoms with van der Waals surface area (Å²) in [5.74, 6) is -2.41. The highest BCUT2D eigenvalue weighted by molar-refractivity contribution is 6.47. The van der Waals surface area contributed by atoms with Gasteiger partial charge < -0.3 is 25.6 Å². The second-order valence-corrected chi connectivity index (χ2v) is 9.00. The lowest BCUT2D eigenvalue weighted by atomic mass is 10.0. The van der Waals surface area contributed by atoms with Crippen LogP contribution in [0.1, 0.15) is 21.5 Å². The molecule has 1 heterocycles. The summed E-state index contributed by atoms with van der Waals surface area (Å²) < 4.78 is 0. The van der Waals surface area contributed by atoms with Crippen LogP contribution in [0.4, 0.5) is 5.69 Å². The van der Waals surface area contributed by atoms with Crippen LogP contribution in [0.3, 0.4) is 0 Å². The number of amides is 2. The Hall–Kier alpha value is -4.34. The van der Waals surface area contributed by atoms with Gasteiger partial charge in [0.05, 0.1) is 15.6 Å². The standard InChI is InChI=1S/C27H22Cl2N4O5/c1-38-33-24(18-14-30-21-8-3-2-5-17(18)21)26(35)32-22(27(36)37)13-15-9-11-16(12-10-15)31-25(34)23-19(28)6-4-7-20(23)29/h2-12,14,22,30H,13H2,1H3,(H,31,34)(H,32,35)(H,36,37)/t22-/m0/s1. The van der Waals surface area contributed by atoms with E-state index in [1.54, 1.807) is 48.7 Å². The van der Waals surface area contributed by atoms with Crippen LogP contribution >= 0.6 is 23.2 Å². The highest BCUT2D eigenvalue weighted by Crippen LogP contribution is 2.25. The number of hydrogen-bond acceptors (Lipinski definition) is 5. The molecule has 0 spiro atoms. The van der Waals surface area contributed by atoms with Crippen molar-refractivity contribution in [2.75, 3.05) is 12.4 Å². The first kappa shape index (κ1) is 26.7. The Morgan fingerprint density at radius 3 is 2.34 bits per heavy atom. The van der Waals surface area contributed by atoms with E-state index in [0.717, 1.165) is 10.9 Å². The SMILES string of the molecule is CON=C(C(=O)N[C@@H](Cc1ccc(NC(=O)c2c(Cl)cccc2Cl)cc1)C(=O)O)c1c[nH]c2ccccc12. The lowest BCUT2D eigenvalue weighted by molar-refractivity contribution is -0.141. The maximum absolute atomic E-state index is 13.1. The fraction of sp³-hybridized carbons (Fsp3) is 0.111. The highest BCUT2D eigenvalue weighted by Gasteiger charge is 2.26. The van der Waals surface area contributed by atoms with E-state index in [2.05, 4.69) is 20.8 Å². The number of carboxylic acids is 1. The molecule has 194 valence electrons. The second-order valence-electron chi connectivity index (χ2n) is 8.19. The van der Waals surface area contributed by atoms with Gasteiger partial charge in [-0.3, -0.25) is 9.59 Å². The molecule has 4 N–H and O–H groups in total. The number of aromatic amines is 1. The minimum atomic E-state index is -1.25. The number of benzene rings is 3. The van der Waals surface area contributed by atoms with Crippen molar-refractivity contribution >= 4 is 63.3 Å². The van der Waals surface area contributed by atoms with Crippen LogP contribution in [-0.4, -0.2) is 46.7 Å². The molecule has 0 saturated heterocycles. The van der Waals surface area contributed by atoms with Crippen molar-refractivity contribution in [3.8, 4) is 0 Å². The lowest BCUT2D eigenvalue weighted by Gasteiger charge is -2.16. The van der Waals surface area contributed by atoms with Crippen LogP contribution in [0.15, 0.2) is 78.1 Å². The topological polar surface area (TPSA) is 133 Å². The zero-order chi connectivity index (χ0) is 27.2. The Morgan fingerprint density at radius 1 is 1.00 bits per heavy atom. The summed E-state index contributed by atoms with van der Waals surface area (Å²) in [6.07, 6.45) is 1.60. The molecule has 0 fully saturated rings. The number of nitrogens with one attached hydrogen (secondary N) is 3. The van der Waals surface area contributed by atoms with Gasteiger partial charge in [-0.05, 0) is 35.9 Å². The van der Waals surface area contributed by atoms with Gasteiger partial charge in [0.1, 0.15) is 13.2 Å². The second kappa shape index (κ2) is 11.8. The Morgan fingerprint density at radius 2 is 1.68 bits per heavy atom. The number of rotatable bonds is 9. The van der Waals surface area contributed by atoms with Crippen LogP contribution in [0.5, 0.6) is 0 Å². The number of carboxylic acid groups (broad SMARTS) is 1. The smallest absolute Gasteiger partial charge is 0.326 e. The molecule has 11 heteroatoms. The molecule has 4 rings (SSSR count). The number of para-hydroxylation sites is 1. The van der Waals surface area contributed by atoms with Gasteiger partial charge in [-0.1, -0.05) is 64.8 Å². The number of fused-ring (bicyclic) bond motifs is 1. The number of aromatic nitrogens is 1. The van der Waals surface area contributed by atoms with Crippen molar-refractivity contribution in [1.82, 2.24) is 10.3 Å². The van der Waals surface area contributed by atoms with Crippen LogP contribution in [0.25, 0.3) is 10.9 Å². The maximum atomic E-state index is 13.1. The number of nitrogens with zero attached hydrogens (tertiary/aromatic N) is 1. The maximum Gasteiger partial charge on any atom is 0.326 e. The summed E-state index contributed by atoms with van der Waals surface area (Å²) in [6, 6.07) is 17.4. The Balaban J connectivity index is 1.47. The first-order valence-electron chi connectivity index (χ1n) is 11.3. The summed E-state index contributed by atoms with van der Waals surface area (Å²) >= 11 is 12.2. The van der Waals surface area contributed by atoms with E-state index in [4.69, 9.17) is 28.0 Å². The van der Waals surface area contributed by atoms with Gasteiger partial charge in [0.2, 0.25) is 0 Å². The van der Waals surface area contributed by atoms with Crippen molar-refractivity contribution in [3.63, 3.8) is 0 Å². The van der Waals surface area contributed by atoms with Crippen molar-refractivity contribution < 1.29 is 24.3 Å². The van der Waals surface area contributed by atoms with E-state index < -0.39 is 23.8 Å². The van der Waals surface area contributed by atoms with Crippen molar-refractivity contribution in [3.05, 3.63) is 99.7 Å². The number of oxime groups is 1. The Bertz CT molecular complexity index is 1510. The average molecular weight is 553 g/mol. The third kappa shape index (κ3) is 5.96. The van der Waals surface area contributed by atoms with Crippen molar-refractivity contribution in [1.29, 1.82) is 0 Å². The number of carbonyl (C=O) groups excluding carboxylic acids is 2. The minimum Gasteiger partial charge on any atom is -0.480 e. The van der Waals surface area contributed by atoms with E-state index in [1.165, 1.54) is 7.11 Å². The molecular weight excluding hydrogens is 531 g/mol. The molecular formula is C27H22Cl2N4O5. The van der Waals surface area contributed by atoms with Gasteiger partial charge in [-0.15, -0.1) is 0 Å². The van der Waals surface area contributed by atoms with Crippen LogP contribution in [0, 0.1) is 0 Å². The highest BCUT2D eigenvalue weighted by atomic mass is 35.5. The zero-order valence-electron chi connectivity index (χ0n) is 20.0. The van der Waals surface area contributed by atoms with E-state index in [1.807, 2.05) is 24.3 Å².